The summed E-state index contributed by atoms with van der Waals surface area (Å²) >= 11 is 1.69. The fraction of sp³-hybridized carbons (Fsp3) is 0.733. The summed E-state index contributed by atoms with van der Waals surface area (Å²) in [5, 5.41) is 13.0. The minimum absolute atomic E-state index is 0.0761. The minimum atomic E-state index is -0.352. The second-order valence-electron chi connectivity index (χ2n) is 6.07. The fourth-order valence-electron chi connectivity index (χ4n) is 3.37. The number of nitrogens with zero attached hydrogens (tertiary/aromatic N) is 1. The minimum Gasteiger partial charge on any atom is -0.386 e. The Bertz CT molecular complexity index is 401. The van der Waals surface area contributed by atoms with Crippen molar-refractivity contribution in [3.8, 4) is 0 Å². The second kappa shape index (κ2) is 5.32. The van der Waals surface area contributed by atoms with Gasteiger partial charge in [0.25, 0.3) is 0 Å². The summed E-state index contributed by atoms with van der Waals surface area (Å²) in [5.41, 5.74) is 1.15. The number of rotatable bonds is 3. The molecule has 1 saturated carbocycles. The highest BCUT2D eigenvalue weighted by atomic mass is 32.1. The van der Waals surface area contributed by atoms with Crippen LogP contribution in [-0.4, -0.2) is 29.6 Å². The van der Waals surface area contributed by atoms with E-state index in [1.165, 1.54) is 18.4 Å². The maximum absolute atomic E-state index is 10.9. The van der Waals surface area contributed by atoms with E-state index in [0.717, 1.165) is 17.7 Å². The smallest absolute Gasteiger partial charge is 0.107 e. The van der Waals surface area contributed by atoms with Crippen LogP contribution in [-0.2, 0) is 0 Å². The average Bonchev–Trinajstić information content (AvgIpc) is 2.74. The van der Waals surface area contributed by atoms with Crippen LogP contribution < -0.4 is 0 Å². The maximum atomic E-state index is 10.9. The predicted octanol–water partition coefficient (Wildman–Crippen LogP) is 3.60. The Labute approximate surface area is 115 Å². The maximum Gasteiger partial charge on any atom is 0.107 e. The summed E-state index contributed by atoms with van der Waals surface area (Å²) in [4.78, 5) is 3.41. The van der Waals surface area contributed by atoms with Gasteiger partial charge in [-0.3, -0.25) is 0 Å². The zero-order valence-electron chi connectivity index (χ0n) is 11.9. The second-order valence-corrected chi connectivity index (χ2v) is 7.02. The lowest BCUT2D eigenvalue weighted by molar-refractivity contribution is -0.0435. The number of aryl methyl sites for hydroxylation is 1. The Kier molecular flexibility index (Phi) is 4.15. The van der Waals surface area contributed by atoms with Gasteiger partial charge in [0.15, 0.2) is 0 Å². The van der Waals surface area contributed by atoms with Crippen molar-refractivity contribution < 1.29 is 5.11 Å². The van der Waals surface area contributed by atoms with Gasteiger partial charge in [-0.15, -0.1) is 11.3 Å². The van der Waals surface area contributed by atoms with Crippen LogP contribution in [0.3, 0.4) is 0 Å². The highest BCUT2D eigenvalue weighted by molar-refractivity contribution is 7.10. The summed E-state index contributed by atoms with van der Waals surface area (Å²) in [7, 11) is 4.23. The summed E-state index contributed by atoms with van der Waals surface area (Å²) in [5.74, 6) is 0.705. The zero-order valence-corrected chi connectivity index (χ0v) is 12.8. The van der Waals surface area contributed by atoms with Crippen molar-refractivity contribution in [2.75, 3.05) is 14.1 Å². The van der Waals surface area contributed by atoms with E-state index in [0.29, 0.717) is 5.92 Å². The number of thiophene rings is 1. The van der Waals surface area contributed by atoms with Crippen LogP contribution in [0.2, 0.25) is 0 Å². The molecule has 1 N–H and O–H groups in total. The molecule has 2 rings (SSSR count). The van der Waals surface area contributed by atoms with Crippen LogP contribution in [0.15, 0.2) is 11.4 Å². The lowest BCUT2D eigenvalue weighted by Crippen LogP contribution is -2.52. The molecule has 1 aromatic rings. The van der Waals surface area contributed by atoms with E-state index >= 15 is 0 Å². The Hall–Kier alpha value is -0.380. The fourth-order valence-corrected chi connectivity index (χ4v) is 4.39. The summed E-state index contributed by atoms with van der Waals surface area (Å²) in [6.45, 7) is 4.41. The molecular formula is C15H25NOS. The van der Waals surface area contributed by atoms with Gasteiger partial charge in [0, 0.05) is 4.88 Å². The molecule has 2 nitrogen and oxygen atoms in total. The first-order valence-corrected chi connectivity index (χ1v) is 7.75. The SMILES string of the molecule is Cc1ccsc1C(O)C1(N(C)C)CCCC(C)C1. The molecule has 1 aliphatic carbocycles. The van der Waals surface area contributed by atoms with Crippen LogP contribution in [0.5, 0.6) is 0 Å². The number of aliphatic hydroxyl groups excluding tert-OH is 1. The van der Waals surface area contributed by atoms with Gasteiger partial charge in [-0.25, -0.2) is 0 Å². The van der Waals surface area contributed by atoms with E-state index in [2.05, 4.69) is 44.3 Å². The molecule has 1 aromatic heterocycles. The van der Waals surface area contributed by atoms with Crippen molar-refractivity contribution in [1.82, 2.24) is 4.90 Å². The van der Waals surface area contributed by atoms with E-state index in [1.807, 2.05) is 0 Å². The standard InChI is InChI=1S/C15H25NOS/c1-11-6-5-8-15(10-11,16(3)4)14(17)13-12(2)7-9-18-13/h7,9,11,14,17H,5-6,8,10H2,1-4H3. The lowest BCUT2D eigenvalue weighted by atomic mass is 9.71. The van der Waals surface area contributed by atoms with Gasteiger partial charge < -0.3 is 10.0 Å². The largest absolute Gasteiger partial charge is 0.386 e. The Balaban J connectivity index is 2.33. The van der Waals surface area contributed by atoms with Crippen LogP contribution in [0.25, 0.3) is 0 Å². The normalized spacial score (nSPS) is 30.7. The van der Waals surface area contributed by atoms with Gasteiger partial charge in [-0.05, 0) is 56.8 Å². The Morgan fingerprint density at radius 1 is 1.50 bits per heavy atom. The monoisotopic (exact) mass is 267 g/mol. The topological polar surface area (TPSA) is 23.5 Å². The van der Waals surface area contributed by atoms with E-state index in [1.54, 1.807) is 11.3 Å². The van der Waals surface area contributed by atoms with E-state index < -0.39 is 0 Å². The van der Waals surface area contributed by atoms with Crippen molar-refractivity contribution >= 4 is 11.3 Å². The van der Waals surface area contributed by atoms with Crippen molar-refractivity contribution in [2.45, 2.75) is 51.2 Å². The van der Waals surface area contributed by atoms with Gasteiger partial charge in [-0.1, -0.05) is 19.8 Å². The first-order chi connectivity index (χ1) is 8.47. The molecular weight excluding hydrogens is 242 g/mol. The first kappa shape index (κ1) is 14.0. The molecule has 0 saturated heterocycles. The molecule has 1 aliphatic rings. The third-order valence-corrected chi connectivity index (χ3v) is 5.63. The Morgan fingerprint density at radius 3 is 2.72 bits per heavy atom. The van der Waals surface area contributed by atoms with Crippen LogP contribution in [0.4, 0.5) is 0 Å². The average molecular weight is 267 g/mol. The van der Waals surface area contributed by atoms with Crippen molar-refractivity contribution in [2.24, 2.45) is 5.92 Å². The molecule has 3 unspecified atom stereocenters. The van der Waals surface area contributed by atoms with Crippen molar-refractivity contribution in [1.29, 1.82) is 0 Å². The molecule has 3 heteroatoms. The van der Waals surface area contributed by atoms with Crippen LogP contribution >= 0.6 is 11.3 Å². The van der Waals surface area contributed by atoms with E-state index in [9.17, 15) is 5.11 Å². The molecule has 0 aromatic carbocycles. The molecule has 102 valence electrons. The molecule has 3 atom stereocenters. The first-order valence-electron chi connectivity index (χ1n) is 6.87. The molecule has 0 amide bonds. The van der Waals surface area contributed by atoms with Gasteiger partial charge in [0.05, 0.1) is 5.54 Å². The number of likely N-dealkylation sites (N-methyl/N-ethyl adjacent to an activating group) is 1. The quantitative estimate of drug-likeness (QED) is 0.904. The molecule has 1 heterocycles. The van der Waals surface area contributed by atoms with E-state index in [4.69, 9.17) is 0 Å². The summed E-state index contributed by atoms with van der Waals surface area (Å²) in [6, 6.07) is 2.11. The number of hydrogen-bond donors (Lipinski definition) is 1. The molecule has 0 aliphatic heterocycles. The Morgan fingerprint density at radius 2 is 2.22 bits per heavy atom. The van der Waals surface area contributed by atoms with Crippen LogP contribution in [0.1, 0.15) is 49.2 Å². The van der Waals surface area contributed by atoms with E-state index in [-0.39, 0.29) is 11.6 Å². The third-order valence-electron chi connectivity index (χ3n) is 4.56. The summed E-state index contributed by atoms with van der Waals surface area (Å²) < 4.78 is 0. The number of aliphatic hydroxyl groups is 1. The molecule has 1 fully saturated rings. The van der Waals surface area contributed by atoms with Gasteiger partial charge in [0.1, 0.15) is 6.10 Å². The van der Waals surface area contributed by atoms with Gasteiger partial charge in [-0.2, -0.15) is 0 Å². The highest BCUT2D eigenvalue weighted by Gasteiger charge is 2.44. The highest BCUT2D eigenvalue weighted by Crippen LogP contribution is 2.45. The molecule has 0 bridgehead atoms. The summed E-state index contributed by atoms with van der Waals surface area (Å²) in [6.07, 6.45) is 4.36. The molecule has 18 heavy (non-hydrogen) atoms. The number of hydrogen-bond acceptors (Lipinski definition) is 3. The third kappa shape index (κ3) is 2.36. The molecule has 0 radical (unpaired) electrons. The molecule has 0 spiro atoms. The predicted molar refractivity (Wildman–Crippen MR) is 78.1 cm³/mol. The van der Waals surface area contributed by atoms with Gasteiger partial charge >= 0.3 is 0 Å². The van der Waals surface area contributed by atoms with Gasteiger partial charge in [0.2, 0.25) is 0 Å². The van der Waals surface area contributed by atoms with Crippen molar-refractivity contribution in [3.05, 3.63) is 21.9 Å². The lowest BCUT2D eigenvalue weighted by Gasteiger charge is -2.48. The zero-order chi connectivity index (χ0) is 13.3. The van der Waals surface area contributed by atoms with Crippen molar-refractivity contribution in [3.63, 3.8) is 0 Å². The van der Waals surface area contributed by atoms with Crippen LogP contribution in [0, 0.1) is 12.8 Å².